The van der Waals surface area contributed by atoms with Crippen LogP contribution in [0, 0.1) is 5.41 Å². The molecule has 0 spiro atoms. The maximum atomic E-state index is 12.2. The Morgan fingerprint density at radius 2 is 2.31 bits per heavy atom. The molecule has 2 heterocycles. The van der Waals surface area contributed by atoms with Gasteiger partial charge in [-0.2, -0.15) is 0 Å². The van der Waals surface area contributed by atoms with E-state index in [2.05, 4.69) is 11.9 Å². The number of hydrogen-bond donors (Lipinski definition) is 1. The average molecular weight is 228 g/mol. The second-order valence-corrected chi connectivity index (χ2v) is 5.05. The van der Waals surface area contributed by atoms with Crippen LogP contribution in [0.1, 0.15) is 6.42 Å². The van der Waals surface area contributed by atoms with Gasteiger partial charge in [0.05, 0.1) is 19.8 Å². The molecule has 0 aromatic rings. The highest BCUT2D eigenvalue weighted by molar-refractivity contribution is 5.84. The zero-order valence-corrected chi connectivity index (χ0v) is 9.98. The minimum absolute atomic E-state index is 0.0292. The van der Waals surface area contributed by atoms with E-state index in [1.807, 2.05) is 7.05 Å². The third-order valence-electron chi connectivity index (χ3n) is 3.75. The summed E-state index contributed by atoms with van der Waals surface area (Å²) in [6, 6.07) is 0.279. The van der Waals surface area contributed by atoms with Gasteiger partial charge in [0.2, 0.25) is 5.91 Å². The highest BCUT2D eigenvalue weighted by atomic mass is 16.5. The first-order chi connectivity index (χ1) is 7.59. The smallest absolute Gasteiger partial charge is 0.235 e. The van der Waals surface area contributed by atoms with Gasteiger partial charge >= 0.3 is 0 Å². The van der Waals surface area contributed by atoms with Crippen molar-refractivity contribution in [3.8, 4) is 0 Å². The fourth-order valence-corrected chi connectivity index (χ4v) is 2.40. The van der Waals surface area contributed by atoms with Crippen LogP contribution in [0.25, 0.3) is 0 Å². The predicted octanol–water partition coefficient (Wildman–Crippen LogP) is -0.842. The predicted molar refractivity (Wildman–Crippen MR) is 59.0 cm³/mol. The van der Waals surface area contributed by atoms with Crippen molar-refractivity contribution in [1.82, 2.24) is 9.80 Å². The fourth-order valence-electron chi connectivity index (χ4n) is 2.40. The normalized spacial score (nSPS) is 28.8. The summed E-state index contributed by atoms with van der Waals surface area (Å²) in [4.78, 5) is 16.3. The van der Waals surface area contributed by atoms with Crippen molar-refractivity contribution in [2.24, 2.45) is 5.41 Å². The lowest BCUT2D eigenvalue weighted by atomic mass is 9.85. The average Bonchev–Trinajstić information content (AvgIpc) is 2.63. The summed E-state index contributed by atoms with van der Waals surface area (Å²) in [5.41, 5.74) is -0.657. The van der Waals surface area contributed by atoms with E-state index in [1.165, 1.54) is 0 Å². The van der Waals surface area contributed by atoms with Gasteiger partial charge in [0.25, 0.3) is 0 Å². The second-order valence-electron chi connectivity index (χ2n) is 5.05. The first-order valence-corrected chi connectivity index (χ1v) is 5.73. The summed E-state index contributed by atoms with van der Waals surface area (Å²) < 4.78 is 5.07. The zero-order valence-electron chi connectivity index (χ0n) is 9.98. The number of nitrogens with zero attached hydrogens (tertiary/aromatic N) is 2. The summed E-state index contributed by atoms with van der Waals surface area (Å²) in [5.74, 6) is 0.0292. The minimum Gasteiger partial charge on any atom is -0.395 e. The molecule has 0 radical (unpaired) electrons. The quantitative estimate of drug-likeness (QED) is 0.684. The molecular formula is C11H20N2O3. The third kappa shape index (κ3) is 1.83. The van der Waals surface area contributed by atoms with Crippen molar-refractivity contribution in [1.29, 1.82) is 0 Å². The largest absolute Gasteiger partial charge is 0.395 e. The number of hydrogen-bond acceptors (Lipinski definition) is 4. The Kier molecular flexibility index (Phi) is 3.19. The summed E-state index contributed by atoms with van der Waals surface area (Å²) in [6.45, 7) is 2.55. The number of carbonyl (C=O) groups is 1. The Morgan fingerprint density at radius 3 is 2.69 bits per heavy atom. The first kappa shape index (κ1) is 11.8. The lowest BCUT2D eigenvalue weighted by Gasteiger charge is -2.42. The van der Waals surface area contributed by atoms with Crippen LogP contribution in [-0.2, 0) is 9.53 Å². The molecule has 0 saturated carbocycles. The van der Waals surface area contributed by atoms with Gasteiger partial charge in [-0.1, -0.05) is 0 Å². The summed E-state index contributed by atoms with van der Waals surface area (Å²) in [5, 5.41) is 9.31. The Balaban J connectivity index is 1.98. The highest BCUT2D eigenvalue weighted by Crippen LogP contribution is 2.30. The first-order valence-electron chi connectivity index (χ1n) is 5.73. The number of likely N-dealkylation sites (tertiary alicyclic amines) is 1. The van der Waals surface area contributed by atoms with Crippen LogP contribution in [0.2, 0.25) is 0 Å². The van der Waals surface area contributed by atoms with Crippen LogP contribution in [0.5, 0.6) is 0 Å². The monoisotopic (exact) mass is 228 g/mol. The molecule has 2 saturated heterocycles. The molecule has 0 aromatic heterocycles. The molecule has 92 valence electrons. The van der Waals surface area contributed by atoms with E-state index < -0.39 is 5.41 Å². The molecule has 1 unspecified atom stereocenters. The van der Waals surface area contributed by atoms with Crippen LogP contribution < -0.4 is 0 Å². The number of aliphatic hydroxyl groups excluding tert-OH is 1. The zero-order chi connectivity index (χ0) is 11.8. The molecule has 5 nitrogen and oxygen atoms in total. The standard InChI is InChI=1S/C11H20N2O3/c1-12-4-3-9(5-12)13(2)10(15)11(6-14)7-16-8-11/h9,14H,3-8H2,1-2H3. The van der Waals surface area contributed by atoms with Gasteiger partial charge in [0.1, 0.15) is 5.41 Å². The third-order valence-corrected chi connectivity index (χ3v) is 3.75. The van der Waals surface area contributed by atoms with E-state index in [4.69, 9.17) is 4.74 Å². The summed E-state index contributed by atoms with van der Waals surface area (Å²) >= 11 is 0. The topological polar surface area (TPSA) is 53.0 Å². The molecule has 0 aromatic carbocycles. The molecule has 5 heteroatoms. The van der Waals surface area contributed by atoms with Gasteiger partial charge in [0.15, 0.2) is 0 Å². The Labute approximate surface area is 96.0 Å². The van der Waals surface area contributed by atoms with Crippen molar-refractivity contribution in [2.45, 2.75) is 12.5 Å². The molecule has 0 bridgehead atoms. The van der Waals surface area contributed by atoms with E-state index in [0.717, 1.165) is 19.5 Å². The van der Waals surface area contributed by atoms with Crippen molar-refractivity contribution >= 4 is 5.91 Å². The lowest BCUT2D eigenvalue weighted by Crippen LogP contribution is -2.58. The van der Waals surface area contributed by atoms with E-state index in [-0.39, 0.29) is 18.6 Å². The van der Waals surface area contributed by atoms with Crippen molar-refractivity contribution in [3.05, 3.63) is 0 Å². The van der Waals surface area contributed by atoms with Gasteiger partial charge in [-0.15, -0.1) is 0 Å². The van der Waals surface area contributed by atoms with Gasteiger partial charge in [-0.25, -0.2) is 0 Å². The number of ether oxygens (including phenoxy) is 1. The van der Waals surface area contributed by atoms with Crippen LogP contribution in [-0.4, -0.2) is 73.9 Å². The van der Waals surface area contributed by atoms with Crippen LogP contribution in [0.3, 0.4) is 0 Å². The summed E-state index contributed by atoms with van der Waals surface area (Å²) in [7, 11) is 3.90. The van der Waals surface area contributed by atoms with E-state index in [0.29, 0.717) is 13.2 Å². The maximum absolute atomic E-state index is 12.2. The van der Waals surface area contributed by atoms with Crippen LogP contribution >= 0.6 is 0 Å². The Morgan fingerprint density at radius 1 is 1.62 bits per heavy atom. The van der Waals surface area contributed by atoms with E-state index >= 15 is 0 Å². The van der Waals surface area contributed by atoms with Crippen molar-refractivity contribution < 1.29 is 14.6 Å². The molecule has 1 atom stereocenters. The number of likely N-dealkylation sites (N-methyl/N-ethyl adjacent to an activating group) is 2. The lowest BCUT2D eigenvalue weighted by molar-refractivity contribution is -0.181. The molecular weight excluding hydrogens is 208 g/mol. The van der Waals surface area contributed by atoms with Gasteiger partial charge in [-0.05, 0) is 20.0 Å². The van der Waals surface area contributed by atoms with Crippen molar-refractivity contribution in [2.75, 3.05) is 47.0 Å². The molecule has 1 N–H and O–H groups in total. The molecule has 2 fully saturated rings. The van der Waals surface area contributed by atoms with E-state index in [9.17, 15) is 9.90 Å². The maximum Gasteiger partial charge on any atom is 0.235 e. The number of amides is 1. The Bertz CT molecular complexity index is 273. The van der Waals surface area contributed by atoms with Gasteiger partial charge in [0, 0.05) is 19.6 Å². The van der Waals surface area contributed by atoms with Crippen LogP contribution in [0.4, 0.5) is 0 Å². The molecule has 0 aliphatic carbocycles. The van der Waals surface area contributed by atoms with Crippen LogP contribution in [0.15, 0.2) is 0 Å². The van der Waals surface area contributed by atoms with E-state index in [1.54, 1.807) is 4.90 Å². The molecule has 2 aliphatic heterocycles. The molecule has 1 amide bonds. The summed E-state index contributed by atoms with van der Waals surface area (Å²) in [6.07, 6.45) is 1.01. The molecule has 2 rings (SSSR count). The minimum atomic E-state index is -0.657. The van der Waals surface area contributed by atoms with Crippen molar-refractivity contribution in [3.63, 3.8) is 0 Å². The number of carbonyl (C=O) groups excluding carboxylic acids is 1. The fraction of sp³-hybridized carbons (Fsp3) is 0.909. The highest BCUT2D eigenvalue weighted by Gasteiger charge is 2.48. The number of aliphatic hydroxyl groups is 1. The van der Waals surface area contributed by atoms with Gasteiger partial charge < -0.3 is 19.6 Å². The SMILES string of the molecule is CN1CCC(N(C)C(=O)C2(CO)COC2)C1. The number of rotatable bonds is 3. The second kappa shape index (κ2) is 4.31. The van der Waals surface area contributed by atoms with Gasteiger partial charge in [-0.3, -0.25) is 4.79 Å². The molecule has 16 heavy (non-hydrogen) atoms. The molecule has 2 aliphatic rings. The Hall–Kier alpha value is -0.650.